The quantitative estimate of drug-likeness (QED) is 0.810. The SMILES string of the molecule is OB(O)c1c2c(cc3c1cnn3C1CCCCO1)CCC2C(F)(F)F. The molecule has 1 saturated heterocycles. The number of ether oxygens (including phenoxy) is 1. The highest BCUT2D eigenvalue weighted by Gasteiger charge is 2.47. The first kappa shape index (κ1) is 16.9. The summed E-state index contributed by atoms with van der Waals surface area (Å²) in [5.41, 5.74) is 1.03. The average molecular weight is 354 g/mol. The normalized spacial score (nSPS) is 23.9. The van der Waals surface area contributed by atoms with Crippen LogP contribution in [0.5, 0.6) is 0 Å². The van der Waals surface area contributed by atoms with Crippen molar-refractivity contribution in [3.8, 4) is 0 Å². The zero-order valence-electron chi connectivity index (χ0n) is 13.5. The molecule has 2 aromatic rings. The molecule has 5 nitrogen and oxygen atoms in total. The van der Waals surface area contributed by atoms with E-state index in [0.717, 1.165) is 19.3 Å². The lowest BCUT2D eigenvalue weighted by Gasteiger charge is -2.24. The molecule has 1 aliphatic carbocycles. The van der Waals surface area contributed by atoms with Gasteiger partial charge in [-0.2, -0.15) is 18.3 Å². The van der Waals surface area contributed by atoms with E-state index in [1.807, 2.05) is 0 Å². The maximum absolute atomic E-state index is 13.4. The van der Waals surface area contributed by atoms with Crippen LogP contribution in [0, 0.1) is 0 Å². The molecule has 2 N–H and O–H groups in total. The topological polar surface area (TPSA) is 67.5 Å². The second-order valence-corrected chi connectivity index (χ2v) is 6.71. The van der Waals surface area contributed by atoms with E-state index in [0.29, 0.717) is 23.1 Å². The Balaban J connectivity index is 1.90. The number of nitrogens with zero attached hydrogens (tertiary/aromatic N) is 2. The molecule has 2 aliphatic rings. The van der Waals surface area contributed by atoms with Crippen LogP contribution in [-0.4, -0.2) is 39.7 Å². The number of alkyl halides is 3. The first-order valence-electron chi connectivity index (χ1n) is 8.45. The van der Waals surface area contributed by atoms with Crippen LogP contribution in [0.1, 0.15) is 49.0 Å². The molecule has 2 unspecified atom stereocenters. The fourth-order valence-corrected chi connectivity index (χ4v) is 4.10. The van der Waals surface area contributed by atoms with Gasteiger partial charge in [0.1, 0.15) is 0 Å². The van der Waals surface area contributed by atoms with Crippen LogP contribution in [0.25, 0.3) is 10.9 Å². The summed E-state index contributed by atoms with van der Waals surface area (Å²) < 4.78 is 47.5. The van der Waals surface area contributed by atoms with Gasteiger partial charge in [-0.15, -0.1) is 0 Å². The minimum Gasteiger partial charge on any atom is -0.423 e. The molecule has 25 heavy (non-hydrogen) atoms. The van der Waals surface area contributed by atoms with Gasteiger partial charge in [-0.05, 0) is 54.8 Å². The maximum Gasteiger partial charge on any atom is 0.489 e. The molecule has 4 rings (SSSR count). The lowest BCUT2D eigenvalue weighted by molar-refractivity contribution is -0.149. The van der Waals surface area contributed by atoms with Crippen LogP contribution in [0.2, 0.25) is 0 Å². The van der Waals surface area contributed by atoms with E-state index in [1.54, 1.807) is 10.7 Å². The summed E-state index contributed by atoms with van der Waals surface area (Å²) in [6.07, 6.45) is -0.353. The van der Waals surface area contributed by atoms with Gasteiger partial charge in [0.05, 0.1) is 17.6 Å². The van der Waals surface area contributed by atoms with Crippen molar-refractivity contribution in [2.24, 2.45) is 0 Å². The zero-order chi connectivity index (χ0) is 17.8. The second-order valence-electron chi connectivity index (χ2n) is 6.71. The monoisotopic (exact) mass is 354 g/mol. The molecule has 1 fully saturated rings. The van der Waals surface area contributed by atoms with Crippen LogP contribution in [0.3, 0.4) is 0 Å². The fourth-order valence-electron chi connectivity index (χ4n) is 4.10. The highest BCUT2D eigenvalue weighted by atomic mass is 19.4. The van der Waals surface area contributed by atoms with Crippen molar-refractivity contribution >= 4 is 23.5 Å². The van der Waals surface area contributed by atoms with Crippen LogP contribution in [0.4, 0.5) is 13.2 Å². The molecule has 0 bridgehead atoms. The first-order chi connectivity index (χ1) is 11.9. The molecule has 0 amide bonds. The van der Waals surface area contributed by atoms with Gasteiger partial charge >= 0.3 is 13.3 Å². The smallest absolute Gasteiger partial charge is 0.423 e. The molecule has 1 aliphatic heterocycles. The highest BCUT2D eigenvalue weighted by molar-refractivity contribution is 6.62. The number of halogens is 3. The maximum atomic E-state index is 13.4. The molecule has 2 atom stereocenters. The Labute approximate surface area is 142 Å². The molecule has 0 spiro atoms. The van der Waals surface area contributed by atoms with E-state index in [9.17, 15) is 23.2 Å². The summed E-state index contributed by atoms with van der Waals surface area (Å²) >= 11 is 0. The van der Waals surface area contributed by atoms with E-state index < -0.39 is 19.2 Å². The van der Waals surface area contributed by atoms with Crippen molar-refractivity contribution in [3.05, 3.63) is 23.4 Å². The molecule has 0 radical (unpaired) electrons. The third-order valence-corrected chi connectivity index (χ3v) is 5.20. The highest BCUT2D eigenvalue weighted by Crippen LogP contribution is 2.45. The van der Waals surface area contributed by atoms with Gasteiger partial charge in [0, 0.05) is 12.0 Å². The largest absolute Gasteiger partial charge is 0.489 e. The van der Waals surface area contributed by atoms with Gasteiger partial charge in [0.2, 0.25) is 0 Å². The zero-order valence-corrected chi connectivity index (χ0v) is 13.5. The van der Waals surface area contributed by atoms with Crippen molar-refractivity contribution in [3.63, 3.8) is 0 Å². The lowest BCUT2D eigenvalue weighted by Crippen LogP contribution is -2.37. The third kappa shape index (κ3) is 2.74. The molecule has 1 aromatic carbocycles. The molecule has 2 heterocycles. The summed E-state index contributed by atoms with van der Waals surface area (Å²) in [6, 6.07) is 1.70. The standard InChI is InChI=1S/C16H18BF3N2O3/c18-16(19,20)11-5-4-9-7-12-10(15(14(9)11)17(23)24)8-21-22(12)13-3-1-2-6-25-13/h7-8,11,13,23-24H,1-6H2. The van der Waals surface area contributed by atoms with Gasteiger partial charge in [-0.3, -0.25) is 0 Å². The van der Waals surface area contributed by atoms with Gasteiger partial charge in [0.15, 0.2) is 6.23 Å². The molecule has 1 aromatic heterocycles. The predicted octanol–water partition coefficient (Wildman–Crippen LogP) is 2.01. The van der Waals surface area contributed by atoms with Gasteiger partial charge in [-0.25, -0.2) is 4.68 Å². The first-order valence-corrected chi connectivity index (χ1v) is 8.45. The van der Waals surface area contributed by atoms with Crippen molar-refractivity contribution in [2.45, 2.75) is 50.4 Å². The van der Waals surface area contributed by atoms with E-state index in [2.05, 4.69) is 5.10 Å². The van der Waals surface area contributed by atoms with Crippen LogP contribution < -0.4 is 5.46 Å². The van der Waals surface area contributed by atoms with Crippen LogP contribution in [0.15, 0.2) is 12.3 Å². The number of rotatable bonds is 2. The number of hydrogen-bond donors (Lipinski definition) is 2. The van der Waals surface area contributed by atoms with Crippen molar-refractivity contribution < 1.29 is 28.0 Å². The Morgan fingerprint density at radius 1 is 1.24 bits per heavy atom. The van der Waals surface area contributed by atoms with E-state index >= 15 is 0 Å². The molecular weight excluding hydrogens is 336 g/mol. The predicted molar refractivity (Wildman–Crippen MR) is 85.5 cm³/mol. The minimum absolute atomic E-state index is 0.000822. The average Bonchev–Trinajstić information content (AvgIpc) is 3.16. The number of aromatic nitrogens is 2. The minimum atomic E-state index is -4.41. The molecule has 134 valence electrons. The molecule has 9 heteroatoms. The van der Waals surface area contributed by atoms with E-state index in [4.69, 9.17) is 4.74 Å². The Kier molecular flexibility index (Phi) is 4.05. The number of aryl methyl sites for hydroxylation is 1. The number of benzene rings is 1. The summed E-state index contributed by atoms with van der Waals surface area (Å²) in [5.74, 6) is -1.67. The summed E-state index contributed by atoms with van der Waals surface area (Å²) in [4.78, 5) is 0. The summed E-state index contributed by atoms with van der Waals surface area (Å²) in [6.45, 7) is 0.614. The van der Waals surface area contributed by atoms with E-state index in [1.165, 1.54) is 6.20 Å². The number of hydrogen-bond acceptors (Lipinski definition) is 4. The lowest BCUT2D eigenvalue weighted by atomic mass is 9.72. The Morgan fingerprint density at radius 3 is 2.68 bits per heavy atom. The molecule has 0 saturated carbocycles. The van der Waals surface area contributed by atoms with Crippen molar-refractivity contribution in [1.82, 2.24) is 9.78 Å². The van der Waals surface area contributed by atoms with Gasteiger partial charge in [0.25, 0.3) is 0 Å². The van der Waals surface area contributed by atoms with Gasteiger partial charge < -0.3 is 14.8 Å². The van der Waals surface area contributed by atoms with Crippen LogP contribution in [-0.2, 0) is 11.2 Å². The summed E-state index contributed by atoms with van der Waals surface area (Å²) in [7, 11) is -1.98. The Hall–Kier alpha value is -1.58. The van der Waals surface area contributed by atoms with Gasteiger partial charge in [-0.1, -0.05) is 0 Å². The van der Waals surface area contributed by atoms with Crippen molar-refractivity contribution in [1.29, 1.82) is 0 Å². The summed E-state index contributed by atoms with van der Waals surface area (Å²) in [5, 5.41) is 24.2. The second kappa shape index (κ2) is 6.00. The van der Waals surface area contributed by atoms with Crippen LogP contribution >= 0.6 is 0 Å². The third-order valence-electron chi connectivity index (χ3n) is 5.20. The molecular formula is C16H18BF3N2O3. The Bertz CT molecular complexity index is 800. The number of fused-ring (bicyclic) bond motifs is 2. The van der Waals surface area contributed by atoms with E-state index in [-0.39, 0.29) is 30.1 Å². The van der Waals surface area contributed by atoms with Crippen molar-refractivity contribution in [2.75, 3.05) is 6.61 Å². The fraction of sp³-hybridized carbons (Fsp3) is 0.562. The Morgan fingerprint density at radius 2 is 2.04 bits per heavy atom.